The zero-order chi connectivity index (χ0) is 12.2. The Labute approximate surface area is 105 Å². The van der Waals surface area contributed by atoms with E-state index in [0.29, 0.717) is 0 Å². The number of hydrogen-bond acceptors (Lipinski definition) is 3. The Bertz CT molecular complexity index is 625. The second kappa shape index (κ2) is 3.42. The van der Waals surface area contributed by atoms with Crippen LogP contribution in [0.4, 0.5) is 0 Å². The molecule has 2 aromatic rings. The summed E-state index contributed by atoms with van der Waals surface area (Å²) in [4.78, 5) is 0. The van der Waals surface area contributed by atoms with E-state index in [4.69, 9.17) is 0 Å². The highest BCUT2D eigenvalue weighted by Gasteiger charge is 2.43. The molecule has 18 heavy (non-hydrogen) atoms. The molecule has 2 heterocycles. The summed E-state index contributed by atoms with van der Waals surface area (Å²) in [6, 6.07) is 16.4. The van der Waals surface area contributed by atoms with Crippen molar-refractivity contribution >= 4 is 0 Å². The van der Waals surface area contributed by atoms with Gasteiger partial charge in [0, 0.05) is 11.1 Å². The van der Waals surface area contributed by atoms with Crippen LogP contribution in [0.2, 0.25) is 0 Å². The molecule has 5 rings (SSSR count). The first-order valence-corrected chi connectivity index (χ1v) is 6.22. The quantitative estimate of drug-likeness (QED) is 0.653. The number of nitrogens with one attached hydrogen (secondary N) is 2. The first-order chi connectivity index (χ1) is 8.79. The fourth-order valence-electron chi connectivity index (χ4n) is 3.11. The molecule has 0 aromatic heterocycles. The van der Waals surface area contributed by atoms with E-state index in [1.165, 1.54) is 11.1 Å². The lowest BCUT2D eigenvalue weighted by Crippen LogP contribution is -2.54. The smallest absolute Gasteiger partial charge is 0.181 e. The Balaban J connectivity index is 2.07. The van der Waals surface area contributed by atoms with Crippen molar-refractivity contribution in [1.82, 2.24) is 10.9 Å². The zero-order valence-corrected chi connectivity index (χ0v) is 9.85. The summed E-state index contributed by atoms with van der Waals surface area (Å²) < 4.78 is 0. The number of hydrogen-bond donors (Lipinski definition) is 3. The van der Waals surface area contributed by atoms with E-state index >= 15 is 0 Å². The van der Waals surface area contributed by atoms with Gasteiger partial charge in [0.25, 0.3) is 0 Å². The minimum atomic E-state index is -1.12. The largest absolute Gasteiger partial charge is 0.367 e. The Morgan fingerprint density at radius 2 is 1.72 bits per heavy atom. The van der Waals surface area contributed by atoms with Gasteiger partial charge in [-0.3, -0.25) is 0 Å². The van der Waals surface area contributed by atoms with Crippen molar-refractivity contribution in [3.8, 4) is 0 Å². The lowest BCUT2D eigenvalue weighted by atomic mass is 9.90. The summed E-state index contributed by atoms with van der Waals surface area (Å²) in [5.74, 6) is 0. The third-order valence-corrected chi connectivity index (χ3v) is 3.98. The standard InChI is InChI=1S/C15H14N2O/c18-15-12-7-3-1-5-10(12)9-14(16-17-15)11-6-2-4-8-13(11)15/h1-8,14,16-18H,9H2. The average molecular weight is 238 g/mol. The third kappa shape index (κ3) is 1.18. The van der Waals surface area contributed by atoms with Gasteiger partial charge < -0.3 is 5.11 Å². The van der Waals surface area contributed by atoms with Crippen LogP contribution in [0.25, 0.3) is 0 Å². The van der Waals surface area contributed by atoms with Gasteiger partial charge in [-0.1, -0.05) is 48.5 Å². The predicted molar refractivity (Wildman–Crippen MR) is 68.6 cm³/mol. The van der Waals surface area contributed by atoms with Crippen LogP contribution < -0.4 is 10.9 Å². The molecule has 0 fully saturated rings. The Kier molecular flexibility index (Phi) is 1.95. The van der Waals surface area contributed by atoms with E-state index in [1.807, 2.05) is 36.4 Å². The number of rotatable bonds is 0. The summed E-state index contributed by atoms with van der Waals surface area (Å²) >= 11 is 0. The SMILES string of the molecule is OC12NNC(Cc3ccccc31)c1ccccc12. The van der Waals surface area contributed by atoms with Crippen LogP contribution in [0.1, 0.15) is 28.3 Å². The second-order valence-electron chi connectivity index (χ2n) is 4.98. The van der Waals surface area contributed by atoms with Gasteiger partial charge in [-0.25, -0.2) is 10.9 Å². The van der Waals surface area contributed by atoms with Crippen molar-refractivity contribution in [2.24, 2.45) is 0 Å². The van der Waals surface area contributed by atoms with Gasteiger partial charge in [0.15, 0.2) is 5.72 Å². The van der Waals surface area contributed by atoms with Gasteiger partial charge >= 0.3 is 0 Å². The molecule has 1 aliphatic carbocycles. The van der Waals surface area contributed by atoms with E-state index in [-0.39, 0.29) is 6.04 Å². The van der Waals surface area contributed by atoms with Crippen LogP contribution in [0.15, 0.2) is 48.5 Å². The molecule has 3 aliphatic rings. The lowest BCUT2D eigenvalue weighted by molar-refractivity contribution is 0.0151. The molecule has 0 saturated heterocycles. The maximum atomic E-state index is 11.0. The van der Waals surface area contributed by atoms with Gasteiger partial charge in [-0.15, -0.1) is 0 Å². The van der Waals surface area contributed by atoms with Crippen LogP contribution in [0.5, 0.6) is 0 Å². The van der Waals surface area contributed by atoms with Gasteiger partial charge in [-0.2, -0.15) is 0 Å². The van der Waals surface area contributed by atoms with Crippen LogP contribution >= 0.6 is 0 Å². The van der Waals surface area contributed by atoms with Crippen LogP contribution in [-0.2, 0) is 12.1 Å². The van der Waals surface area contributed by atoms with Crippen molar-refractivity contribution < 1.29 is 5.11 Å². The number of hydrazine groups is 1. The molecule has 0 amide bonds. The minimum Gasteiger partial charge on any atom is -0.367 e. The second-order valence-corrected chi connectivity index (χ2v) is 4.98. The van der Waals surface area contributed by atoms with E-state index in [0.717, 1.165) is 17.5 Å². The molecule has 2 aromatic carbocycles. The van der Waals surface area contributed by atoms with E-state index in [1.54, 1.807) is 0 Å². The van der Waals surface area contributed by atoms with Crippen LogP contribution in [0.3, 0.4) is 0 Å². The summed E-state index contributed by atoms with van der Waals surface area (Å²) in [5.41, 5.74) is 9.45. The van der Waals surface area contributed by atoms with Crippen LogP contribution in [-0.4, -0.2) is 5.11 Å². The Morgan fingerprint density at radius 3 is 2.61 bits per heavy atom. The molecule has 2 aliphatic heterocycles. The molecule has 2 unspecified atom stereocenters. The summed E-state index contributed by atoms with van der Waals surface area (Å²) in [7, 11) is 0. The minimum absolute atomic E-state index is 0.213. The van der Waals surface area contributed by atoms with E-state index < -0.39 is 5.72 Å². The Hall–Kier alpha value is -1.68. The molecule has 2 bridgehead atoms. The maximum Gasteiger partial charge on any atom is 0.181 e. The molecule has 3 nitrogen and oxygen atoms in total. The first-order valence-electron chi connectivity index (χ1n) is 6.22. The van der Waals surface area contributed by atoms with Gasteiger partial charge in [0.2, 0.25) is 0 Å². The molecule has 2 atom stereocenters. The fourth-order valence-corrected chi connectivity index (χ4v) is 3.11. The number of aliphatic hydroxyl groups is 1. The van der Waals surface area contributed by atoms with E-state index in [2.05, 4.69) is 23.0 Å². The highest BCUT2D eigenvalue weighted by atomic mass is 16.3. The number of fused-ring (bicyclic) bond motifs is 1. The molecular formula is C15H14N2O. The predicted octanol–water partition coefficient (Wildman–Crippen LogP) is 1.58. The molecule has 0 spiro atoms. The van der Waals surface area contributed by atoms with Crippen molar-refractivity contribution in [3.63, 3.8) is 0 Å². The van der Waals surface area contributed by atoms with Crippen molar-refractivity contribution in [2.75, 3.05) is 0 Å². The normalized spacial score (nSPS) is 28.4. The molecule has 0 saturated carbocycles. The Morgan fingerprint density at radius 1 is 1.00 bits per heavy atom. The fraction of sp³-hybridized carbons (Fsp3) is 0.200. The first kappa shape index (κ1) is 10.3. The van der Waals surface area contributed by atoms with Crippen LogP contribution in [0, 0.1) is 0 Å². The summed E-state index contributed by atoms with van der Waals surface area (Å²) in [6.07, 6.45) is 0.891. The van der Waals surface area contributed by atoms with Crippen molar-refractivity contribution in [2.45, 2.75) is 18.2 Å². The molecule has 0 radical (unpaired) electrons. The number of benzene rings is 2. The highest BCUT2D eigenvalue weighted by molar-refractivity contribution is 5.49. The highest BCUT2D eigenvalue weighted by Crippen LogP contribution is 2.41. The van der Waals surface area contributed by atoms with Crippen molar-refractivity contribution in [3.05, 3.63) is 70.8 Å². The van der Waals surface area contributed by atoms with E-state index in [9.17, 15) is 5.11 Å². The molecule has 90 valence electrons. The lowest BCUT2D eigenvalue weighted by Gasteiger charge is -2.37. The maximum absolute atomic E-state index is 11.0. The van der Waals surface area contributed by atoms with Gasteiger partial charge in [0.1, 0.15) is 0 Å². The molecule has 3 N–H and O–H groups in total. The monoisotopic (exact) mass is 238 g/mol. The van der Waals surface area contributed by atoms with Gasteiger partial charge in [0.05, 0.1) is 6.04 Å². The molecular weight excluding hydrogens is 224 g/mol. The molecule has 3 heteroatoms. The zero-order valence-electron chi connectivity index (χ0n) is 9.85. The summed E-state index contributed by atoms with van der Waals surface area (Å²) in [6.45, 7) is 0. The summed E-state index contributed by atoms with van der Waals surface area (Å²) in [5, 5.41) is 11.0. The average Bonchev–Trinajstić information content (AvgIpc) is 2.63. The topological polar surface area (TPSA) is 44.3 Å². The van der Waals surface area contributed by atoms with Gasteiger partial charge in [-0.05, 0) is 17.5 Å². The third-order valence-electron chi connectivity index (χ3n) is 3.98. The van der Waals surface area contributed by atoms with Crippen molar-refractivity contribution in [1.29, 1.82) is 0 Å².